The number of nitrogens with zero attached hydrogens (tertiary/aromatic N) is 2. The van der Waals surface area contributed by atoms with E-state index in [0.717, 1.165) is 12.1 Å². The molecule has 25 heavy (non-hydrogen) atoms. The molecule has 5 nitrogen and oxygen atoms in total. The maximum Gasteiger partial charge on any atom is 0.416 e. The van der Waals surface area contributed by atoms with Crippen LogP contribution in [0, 0.1) is 5.92 Å². The molecule has 1 saturated heterocycles. The Balaban J connectivity index is 1.73. The van der Waals surface area contributed by atoms with Crippen LogP contribution in [0.25, 0.3) is 0 Å². The van der Waals surface area contributed by atoms with Crippen molar-refractivity contribution < 1.29 is 22.8 Å². The SMILES string of the molecule is O=C(Nc1cccnc1)[C@H]1CC(=O)N(c2cccc(C(F)(F)F)c2)C1. The van der Waals surface area contributed by atoms with Gasteiger partial charge in [-0.1, -0.05) is 6.07 Å². The van der Waals surface area contributed by atoms with Crippen molar-refractivity contribution in [3.05, 3.63) is 54.4 Å². The van der Waals surface area contributed by atoms with Crippen molar-refractivity contribution in [1.82, 2.24) is 4.98 Å². The molecule has 2 aromatic rings. The lowest BCUT2D eigenvalue weighted by molar-refractivity contribution is -0.137. The molecule has 1 N–H and O–H groups in total. The van der Waals surface area contributed by atoms with Crippen LogP contribution in [0.3, 0.4) is 0 Å². The van der Waals surface area contributed by atoms with Crippen LogP contribution < -0.4 is 10.2 Å². The number of pyridine rings is 1. The number of halogens is 3. The van der Waals surface area contributed by atoms with Crippen molar-refractivity contribution in [3.63, 3.8) is 0 Å². The molecule has 0 radical (unpaired) electrons. The molecule has 1 fully saturated rings. The molecule has 0 spiro atoms. The predicted octanol–water partition coefficient (Wildman–Crippen LogP) is 3.09. The van der Waals surface area contributed by atoms with E-state index in [4.69, 9.17) is 0 Å². The highest BCUT2D eigenvalue weighted by Gasteiger charge is 2.36. The van der Waals surface area contributed by atoms with Crippen molar-refractivity contribution in [3.8, 4) is 0 Å². The molecule has 0 aliphatic carbocycles. The third-order valence-corrected chi connectivity index (χ3v) is 3.91. The third kappa shape index (κ3) is 3.78. The Morgan fingerprint density at radius 2 is 2.04 bits per heavy atom. The Bertz CT molecular complexity index is 793. The van der Waals surface area contributed by atoms with E-state index in [-0.39, 0.29) is 30.5 Å². The summed E-state index contributed by atoms with van der Waals surface area (Å²) in [7, 11) is 0. The first kappa shape index (κ1) is 16.9. The number of hydrogen-bond donors (Lipinski definition) is 1. The molecule has 1 aliphatic heterocycles. The first-order chi connectivity index (χ1) is 11.8. The zero-order chi connectivity index (χ0) is 18.0. The molecule has 0 saturated carbocycles. The number of aromatic nitrogens is 1. The second-order valence-corrected chi connectivity index (χ2v) is 5.68. The van der Waals surface area contributed by atoms with E-state index in [1.165, 1.54) is 23.2 Å². The van der Waals surface area contributed by atoms with Crippen LogP contribution in [0.1, 0.15) is 12.0 Å². The fraction of sp³-hybridized carbons (Fsp3) is 0.235. The van der Waals surface area contributed by atoms with Crippen LogP contribution in [0.5, 0.6) is 0 Å². The number of alkyl halides is 3. The quantitative estimate of drug-likeness (QED) is 0.926. The van der Waals surface area contributed by atoms with Gasteiger partial charge in [0.25, 0.3) is 0 Å². The highest BCUT2D eigenvalue weighted by atomic mass is 19.4. The van der Waals surface area contributed by atoms with Crippen LogP contribution in [-0.2, 0) is 15.8 Å². The van der Waals surface area contributed by atoms with E-state index in [9.17, 15) is 22.8 Å². The second kappa shape index (κ2) is 6.54. The van der Waals surface area contributed by atoms with Gasteiger partial charge in [0, 0.05) is 24.8 Å². The first-order valence-electron chi connectivity index (χ1n) is 7.53. The van der Waals surface area contributed by atoms with Crippen molar-refractivity contribution >= 4 is 23.2 Å². The van der Waals surface area contributed by atoms with Crippen molar-refractivity contribution in [2.75, 3.05) is 16.8 Å². The normalized spacial score (nSPS) is 17.6. The van der Waals surface area contributed by atoms with Gasteiger partial charge in [-0.2, -0.15) is 13.2 Å². The third-order valence-electron chi connectivity index (χ3n) is 3.91. The Morgan fingerprint density at radius 3 is 2.72 bits per heavy atom. The molecule has 3 rings (SSSR count). The number of rotatable bonds is 3. The molecule has 1 atom stereocenters. The van der Waals surface area contributed by atoms with E-state index < -0.39 is 17.7 Å². The molecule has 1 aromatic carbocycles. The van der Waals surface area contributed by atoms with Crippen LogP contribution in [-0.4, -0.2) is 23.3 Å². The number of benzene rings is 1. The Kier molecular flexibility index (Phi) is 4.43. The van der Waals surface area contributed by atoms with Gasteiger partial charge in [0.15, 0.2) is 0 Å². The molecule has 0 bridgehead atoms. The summed E-state index contributed by atoms with van der Waals surface area (Å²) in [5, 5.41) is 2.65. The Labute approximate surface area is 141 Å². The molecule has 0 unspecified atom stereocenters. The molecular weight excluding hydrogens is 335 g/mol. The van der Waals surface area contributed by atoms with E-state index in [1.807, 2.05) is 0 Å². The summed E-state index contributed by atoms with van der Waals surface area (Å²) in [4.78, 5) is 29.5. The summed E-state index contributed by atoms with van der Waals surface area (Å²) >= 11 is 0. The smallest absolute Gasteiger partial charge is 0.324 e. The minimum Gasteiger partial charge on any atom is -0.324 e. The van der Waals surface area contributed by atoms with Crippen molar-refractivity contribution in [2.24, 2.45) is 5.92 Å². The topological polar surface area (TPSA) is 62.3 Å². The summed E-state index contributed by atoms with van der Waals surface area (Å²) in [5.74, 6) is -1.39. The summed E-state index contributed by atoms with van der Waals surface area (Å²) in [6, 6.07) is 7.84. The maximum atomic E-state index is 12.8. The molecule has 1 aromatic heterocycles. The zero-order valence-corrected chi connectivity index (χ0v) is 13.0. The number of carbonyl (C=O) groups is 2. The summed E-state index contributed by atoms with van der Waals surface area (Å²) in [6.45, 7) is 0.0340. The minimum atomic E-state index is -4.49. The van der Waals surface area contributed by atoms with Gasteiger partial charge in [0.2, 0.25) is 11.8 Å². The number of carbonyl (C=O) groups excluding carboxylic acids is 2. The minimum absolute atomic E-state index is 0.0340. The molecule has 2 heterocycles. The molecular formula is C17H14F3N3O2. The van der Waals surface area contributed by atoms with Gasteiger partial charge in [-0.05, 0) is 30.3 Å². The average molecular weight is 349 g/mol. The van der Waals surface area contributed by atoms with Crippen LogP contribution in [0.2, 0.25) is 0 Å². The standard InChI is InChI=1S/C17H14F3N3O2/c18-17(19,20)12-3-1-5-14(8-12)23-10-11(7-15(23)24)16(25)22-13-4-2-6-21-9-13/h1-6,8-9,11H,7,10H2,(H,22,25)/t11-/m0/s1. The second-order valence-electron chi connectivity index (χ2n) is 5.68. The van der Waals surface area contributed by atoms with Gasteiger partial charge in [-0.25, -0.2) is 0 Å². The number of hydrogen-bond acceptors (Lipinski definition) is 3. The van der Waals surface area contributed by atoms with E-state index in [0.29, 0.717) is 5.69 Å². The van der Waals surface area contributed by atoms with Gasteiger partial charge in [0.1, 0.15) is 0 Å². The Morgan fingerprint density at radius 1 is 1.24 bits per heavy atom. The highest BCUT2D eigenvalue weighted by molar-refractivity contribution is 6.03. The van der Waals surface area contributed by atoms with Crippen LogP contribution in [0.15, 0.2) is 48.8 Å². The predicted molar refractivity (Wildman–Crippen MR) is 84.8 cm³/mol. The van der Waals surface area contributed by atoms with Crippen molar-refractivity contribution in [1.29, 1.82) is 0 Å². The lowest BCUT2D eigenvalue weighted by Crippen LogP contribution is -2.28. The van der Waals surface area contributed by atoms with Gasteiger partial charge in [-0.15, -0.1) is 0 Å². The molecule has 8 heteroatoms. The monoisotopic (exact) mass is 349 g/mol. The lowest BCUT2D eigenvalue weighted by Gasteiger charge is -2.18. The summed E-state index contributed by atoms with van der Waals surface area (Å²) in [5.41, 5.74) is -0.199. The van der Waals surface area contributed by atoms with E-state index in [2.05, 4.69) is 10.3 Å². The lowest BCUT2D eigenvalue weighted by atomic mass is 10.1. The fourth-order valence-electron chi connectivity index (χ4n) is 2.66. The van der Waals surface area contributed by atoms with Gasteiger partial charge in [0.05, 0.1) is 23.4 Å². The fourth-order valence-corrected chi connectivity index (χ4v) is 2.66. The number of anilines is 2. The van der Waals surface area contributed by atoms with E-state index in [1.54, 1.807) is 18.3 Å². The van der Waals surface area contributed by atoms with Crippen LogP contribution >= 0.6 is 0 Å². The first-order valence-corrected chi connectivity index (χ1v) is 7.53. The summed E-state index contributed by atoms with van der Waals surface area (Å²) < 4.78 is 38.5. The highest BCUT2D eigenvalue weighted by Crippen LogP contribution is 2.33. The van der Waals surface area contributed by atoms with Gasteiger partial charge in [-0.3, -0.25) is 14.6 Å². The molecule has 130 valence electrons. The number of amides is 2. The van der Waals surface area contributed by atoms with Gasteiger partial charge < -0.3 is 10.2 Å². The molecule has 1 aliphatic rings. The van der Waals surface area contributed by atoms with Crippen molar-refractivity contribution in [2.45, 2.75) is 12.6 Å². The largest absolute Gasteiger partial charge is 0.416 e. The van der Waals surface area contributed by atoms with E-state index >= 15 is 0 Å². The van der Waals surface area contributed by atoms with Gasteiger partial charge >= 0.3 is 6.18 Å². The summed E-state index contributed by atoms with van der Waals surface area (Å²) in [6.07, 6.45) is -1.51. The Hall–Kier alpha value is -2.90. The molecule has 2 amide bonds. The zero-order valence-electron chi connectivity index (χ0n) is 13.0. The number of nitrogens with one attached hydrogen (secondary N) is 1. The maximum absolute atomic E-state index is 12.8. The van der Waals surface area contributed by atoms with Crippen LogP contribution in [0.4, 0.5) is 24.5 Å². The average Bonchev–Trinajstić information content (AvgIpc) is 2.97.